The van der Waals surface area contributed by atoms with Gasteiger partial charge in [-0.25, -0.2) is 10.8 Å². The van der Waals surface area contributed by atoms with Crippen molar-refractivity contribution in [1.82, 2.24) is 9.97 Å². The SMILES string of the molecule is NNc1nc(Nc2c(Br)cccc2Br)c2ccccc2n1. The summed E-state index contributed by atoms with van der Waals surface area (Å²) in [5.74, 6) is 6.48. The van der Waals surface area contributed by atoms with Gasteiger partial charge in [0, 0.05) is 14.3 Å². The molecule has 0 saturated heterocycles. The molecule has 2 aromatic carbocycles. The Kier molecular flexibility index (Phi) is 4.05. The Labute approximate surface area is 138 Å². The van der Waals surface area contributed by atoms with Crippen molar-refractivity contribution in [3.63, 3.8) is 0 Å². The largest absolute Gasteiger partial charge is 0.338 e. The summed E-state index contributed by atoms with van der Waals surface area (Å²) in [6.07, 6.45) is 0. The van der Waals surface area contributed by atoms with Crippen molar-refractivity contribution >= 4 is 60.2 Å². The zero-order valence-electron chi connectivity index (χ0n) is 10.8. The number of fused-ring (bicyclic) bond motifs is 1. The Morgan fingerprint density at radius 3 is 2.33 bits per heavy atom. The van der Waals surface area contributed by atoms with E-state index >= 15 is 0 Å². The number of para-hydroxylation sites is 2. The van der Waals surface area contributed by atoms with Gasteiger partial charge in [0.25, 0.3) is 0 Å². The van der Waals surface area contributed by atoms with Gasteiger partial charge in [0.15, 0.2) is 0 Å². The third-order valence-corrected chi connectivity index (χ3v) is 4.26. The number of halogens is 2. The van der Waals surface area contributed by atoms with Crippen LogP contribution in [0.15, 0.2) is 51.4 Å². The van der Waals surface area contributed by atoms with Gasteiger partial charge >= 0.3 is 0 Å². The molecule has 0 amide bonds. The Bertz CT molecular complexity index is 786. The van der Waals surface area contributed by atoms with Crippen molar-refractivity contribution in [1.29, 1.82) is 0 Å². The molecule has 5 nitrogen and oxygen atoms in total. The van der Waals surface area contributed by atoms with E-state index in [2.05, 4.69) is 52.6 Å². The number of hydrogen-bond acceptors (Lipinski definition) is 5. The maximum Gasteiger partial charge on any atom is 0.239 e. The topological polar surface area (TPSA) is 75.9 Å². The number of hydrogen-bond donors (Lipinski definition) is 3. The Morgan fingerprint density at radius 2 is 1.62 bits per heavy atom. The van der Waals surface area contributed by atoms with Crippen LogP contribution in [-0.2, 0) is 0 Å². The molecule has 7 heteroatoms. The minimum absolute atomic E-state index is 0.361. The predicted molar refractivity (Wildman–Crippen MR) is 92.5 cm³/mol. The van der Waals surface area contributed by atoms with E-state index in [1.165, 1.54) is 0 Å². The number of nitrogens with zero attached hydrogens (tertiary/aromatic N) is 2. The second kappa shape index (κ2) is 5.97. The Morgan fingerprint density at radius 1 is 0.905 bits per heavy atom. The maximum atomic E-state index is 5.44. The number of nitrogens with one attached hydrogen (secondary N) is 2. The van der Waals surface area contributed by atoms with Crippen LogP contribution < -0.4 is 16.6 Å². The molecule has 1 heterocycles. The first-order valence-electron chi connectivity index (χ1n) is 6.13. The summed E-state index contributed by atoms with van der Waals surface area (Å²) in [6.45, 7) is 0. The van der Waals surface area contributed by atoms with E-state index in [0.29, 0.717) is 11.8 Å². The molecule has 0 aliphatic heterocycles. The molecule has 1 aromatic heterocycles. The molecule has 0 saturated carbocycles. The van der Waals surface area contributed by atoms with Crippen LogP contribution in [0.4, 0.5) is 17.5 Å². The van der Waals surface area contributed by atoms with E-state index in [-0.39, 0.29) is 0 Å². The minimum atomic E-state index is 0.361. The zero-order valence-corrected chi connectivity index (χ0v) is 13.9. The highest BCUT2D eigenvalue weighted by Crippen LogP contribution is 2.34. The number of hydrazine groups is 1. The molecule has 0 unspecified atom stereocenters. The second-order valence-electron chi connectivity index (χ2n) is 4.28. The molecule has 4 N–H and O–H groups in total. The number of rotatable bonds is 3. The highest BCUT2D eigenvalue weighted by atomic mass is 79.9. The molecular weight excluding hydrogens is 398 g/mol. The quantitative estimate of drug-likeness (QED) is 0.447. The molecular formula is C14H11Br2N5. The highest BCUT2D eigenvalue weighted by Gasteiger charge is 2.10. The smallest absolute Gasteiger partial charge is 0.239 e. The van der Waals surface area contributed by atoms with Crippen molar-refractivity contribution < 1.29 is 0 Å². The maximum absolute atomic E-state index is 5.44. The molecule has 106 valence electrons. The lowest BCUT2D eigenvalue weighted by Crippen LogP contribution is -2.11. The average Bonchev–Trinajstić information content (AvgIpc) is 2.50. The molecule has 0 spiro atoms. The van der Waals surface area contributed by atoms with Crippen LogP contribution in [-0.4, -0.2) is 9.97 Å². The first-order chi connectivity index (χ1) is 10.2. The van der Waals surface area contributed by atoms with Gasteiger partial charge < -0.3 is 5.32 Å². The van der Waals surface area contributed by atoms with Crippen molar-refractivity contribution in [3.8, 4) is 0 Å². The highest BCUT2D eigenvalue weighted by molar-refractivity contribution is 9.11. The lowest BCUT2D eigenvalue weighted by molar-refractivity contribution is 1.15. The van der Waals surface area contributed by atoms with E-state index in [9.17, 15) is 0 Å². The fourth-order valence-corrected chi connectivity index (χ4v) is 3.17. The number of benzene rings is 2. The Balaban J connectivity index is 2.16. The molecule has 0 bridgehead atoms. The van der Waals surface area contributed by atoms with Crippen LogP contribution in [0.5, 0.6) is 0 Å². The average molecular weight is 409 g/mol. The van der Waals surface area contributed by atoms with Crippen LogP contribution in [0, 0.1) is 0 Å². The summed E-state index contributed by atoms with van der Waals surface area (Å²) in [5, 5.41) is 4.23. The molecule has 3 aromatic rings. The van der Waals surface area contributed by atoms with Gasteiger partial charge in [0.1, 0.15) is 5.82 Å². The van der Waals surface area contributed by atoms with Gasteiger partial charge in [0.2, 0.25) is 5.95 Å². The second-order valence-corrected chi connectivity index (χ2v) is 5.99. The fraction of sp³-hybridized carbons (Fsp3) is 0. The lowest BCUT2D eigenvalue weighted by atomic mass is 10.2. The molecule has 0 atom stereocenters. The summed E-state index contributed by atoms with van der Waals surface area (Å²) in [6, 6.07) is 13.6. The van der Waals surface area contributed by atoms with E-state index < -0.39 is 0 Å². The predicted octanol–water partition coefficient (Wildman–Crippen LogP) is 4.18. The normalized spacial score (nSPS) is 10.6. The lowest BCUT2D eigenvalue weighted by Gasteiger charge is -2.13. The third kappa shape index (κ3) is 2.85. The van der Waals surface area contributed by atoms with Gasteiger partial charge in [0.05, 0.1) is 11.2 Å². The molecule has 21 heavy (non-hydrogen) atoms. The summed E-state index contributed by atoms with van der Waals surface area (Å²) in [5.41, 5.74) is 4.19. The van der Waals surface area contributed by atoms with Crippen molar-refractivity contribution in [2.45, 2.75) is 0 Å². The number of nitrogens with two attached hydrogens (primary N) is 1. The first kappa shape index (κ1) is 14.2. The molecule has 3 rings (SSSR count). The third-order valence-electron chi connectivity index (χ3n) is 2.94. The molecule has 0 aliphatic rings. The van der Waals surface area contributed by atoms with Crippen molar-refractivity contribution in [2.24, 2.45) is 5.84 Å². The van der Waals surface area contributed by atoms with Gasteiger partial charge in [-0.3, -0.25) is 5.43 Å². The summed E-state index contributed by atoms with van der Waals surface area (Å²) >= 11 is 7.06. The number of nitrogen functional groups attached to an aromatic ring is 1. The number of anilines is 3. The van der Waals surface area contributed by atoms with Crippen LogP contribution >= 0.6 is 31.9 Å². The van der Waals surface area contributed by atoms with Crippen LogP contribution in [0.3, 0.4) is 0 Å². The van der Waals surface area contributed by atoms with Gasteiger partial charge in [-0.2, -0.15) is 4.98 Å². The summed E-state index contributed by atoms with van der Waals surface area (Å²) in [7, 11) is 0. The zero-order chi connectivity index (χ0) is 14.8. The van der Waals surface area contributed by atoms with Gasteiger partial charge in [-0.05, 0) is 56.1 Å². The summed E-state index contributed by atoms with van der Waals surface area (Å²) < 4.78 is 1.86. The standard InChI is InChI=1S/C14H11Br2N5/c15-9-5-3-6-10(16)12(9)19-13-8-4-1-2-7-11(8)18-14(20-13)21-17/h1-7H,17H2,(H2,18,19,20,21). The molecule has 0 aliphatic carbocycles. The minimum Gasteiger partial charge on any atom is -0.338 e. The van der Waals surface area contributed by atoms with E-state index in [1.807, 2.05) is 42.5 Å². The van der Waals surface area contributed by atoms with E-state index in [0.717, 1.165) is 25.5 Å². The van der Waals surface area contributed by atoms with Crippen LogP contribution in [0.1, 0.15) is 0 Å². The fourth-order valence-electron chi connectivity index (χ4n) is 1.97. The van der Waals surface area contributed by atoms with Crippen LogP contribution in [0.2, 0.25) is 0 Å². The Hall–Kier alpha value is -1.70. The van der Waals surface area contributed by atoms with E-state index in [1.54, 1.807) is 0 Å². The first-order valence-corrected chi connectivity index (χ1v) is 7.72. The van der Waals surface area contributed by atoms with Gasteiger partial charge in [-0.15, -0.1) is 0 Å². The molecule has 0 fully saturated rings. The monoisotopic (exact) mass is 407 g/mol. The molecule has 0 radical (unpaired) electrons. The van der Waals surface area contributed by atoms with E-state index in [4.69, 9.17) is 5.84 Å². The van der Waals surface area contributed by atoms with Gasteiger partial charge in [-0.1, -0.05) is 18.2 Å². The number of aromatic nitrogens is 2. The van der Waals surface area contributed by atoms with Crippen molar-refractivity contribution in [3.05, 3.63) is 51.4 Å². The summed E-state index contributed by atoms with van der Waals surface area (Å²) in [4.78, 5) is 8.73. The van der Waals surface area contributed by atoms with Crippen LogP contribution in [0.25, 0.3) is 10.9 Å². The van der Waals surface area contributed by atoms with Crippen molar-refractivity contribution in [2.75, 3.05) is 10.7 Å².